The minimum atomic E-state index is -0.252. The number of nitrogens with one attached hydrogen (secondary N) is 2. The van der Waals surface area contributed by atoms with Gasteiger partial charge in [0, 0.05) is 31.9 Å². The van der Waals surface area contributed by atoms with E-state index in [4.69, 9.17) is 0 Å². The lowest BCUT2D eigenvalue weighted by Crippen LogP contribution is -2.45. The van der Waals surface area contributed by atoms with Crippen molar-refractivity contribution in [2.45, 2.75) is 39.2 Å². The maximum absolute atomic E-state index is 12.9. The normalized spacial score (nSPS) is 12.0. The molecule has 2 rings (SSSR count). The smallest absolute Gasteiger partial charge is 0.257 e. The number of carbonyl (C=O) groups is 2. The van der Waals surface area contributed by atoms with Crippen LogP contribution in [0.3, 0.4) is 0 Å². The third kappa shape index (κ3) is 8.69. The van der Waals surface area contributed by atoms with E-state index in [1.54, 1.807) is 18.3 Å². The van der Waals surface area contributed by atoms with Gasteiger partial charge in [0.2, 0.25) is 0 Å². The van der Waals surface area contributed by atoms with E-state index >= 15 is 0 Å². The van der Waals surface area contributed by atoms with Gasteiger partial charge < -0.3 is 10.2 Å². The Morgan fingerprint density at radius 2 is 1.64 bits per heavy atom. The Balaban J connectivity index is 1.83. The Bertz CT molecular complexity index is 877. The average Bonchev–Trinajstić information content (AvgIpc) is 2.84. The molecule has 1 unspecified atom stereocenters. The van der Waals surface area contributed by atoms with E-state index < -0.39 is 0 Å². The minimum Gasteiger partial charge on any atom is -0.378 e. The zero-order chi connectivity index (χ0) is 24.1. The summed E-state index contributed by atoms with van der Waals surface area (Å²) >= 11 is 0. The first-order valence-electron chi connectivity index (χ1n) is 11.6. The fourth-order valence-electron chi connectivity index (χ4n) is 3.60. The number of hydrazone groups is 1. The molecule has 7 nitrogen and oxygen atoms in total. The first-order chi connectivity index (χ1) is 16.0. The number of unbranched alkanes of at least 4 members (excludes halogenated alkanes) is 1. The number of carbonyl (C=O) groups excluding carboxylic acids is 2. The van der Waals surface area contributed by atoms with Gasteiger partial charge in [-0.1, -0.05) is 44.2 Å². The molecule has 0 heterocycles. The highest BCUT2D eigenvalue weighted by atomic mass is 16.2. The van der Waals surface area contributed by atoms with Crippen molar-refractivity contribution >= 4 is 23.7 Å². The van der Waals surface area contributed by atoms with E-state index in [1.165, 1.54) is 0 Å². The topological polar surface area (TPSA) is 77.0 Å². The molecule has 2 aromatic carbocycles. The van der Waals surface area contributed by atoms with Gasteiger partial charge in [-0.25, -0.2) is 5.43 Å². The molecule has 0 fully saturated rings. The molecule has 0 saturated carbocycles. The molecule has 2 aromatic rings. The molecule has 0 bridgehead atoms. The highest BCUT2D eigenvalue weighted by Crippen LogP contribution is 2.12. The molecule has 1 atom stereocenters. The molecule has 0 aliphatic rings. The van der Waals surface area contributed by atoms with Crippen LogP contribution < -0.4 is 15.6 Å². The van der Waals surface area contributed by atoms with E-state index in [0.717, 1.165) is 37.2 Å². The van der Waals surface area contributed by atoms with Crippen LogP contribution >= 0.6 is 0 Å². The van der Waals surface area contributed by atoms with E-state index in [1.807, 2.05) is 61.5 Å². The number of rotatable bonds is 13. The van der Waals surface area contributed by atoms with Gasteiger partial charge in [-0.3, -0.25) is 14.5 Å². The number of benzene rings is 2. The first-order valence-corrected chi connectivity index (χ1v) is 11.6. The predicted octanol–water partition coefficient (Wildman–Crippen LogP) is 3.51. The number of amides is 2. The van der Waals surface area contributed by atoms with Crippen molar-refractivity contribution < 1.29 is 9.59 Å². The molecule has 0 radical (unpaired) electrons. The molecule has 0 aliphatic carbocycles. The molecule has 33 heavy (non-hydrogen) atoms. The van der Waals surface area contributed by atoms with Crippen molar-refractivity contribution in [1.82, 2.24) is 15.6 Å². The number of nitrogens with zero attached hydrogens (tertiary/aromatic N) is 3. The number of likely N-dealkylation sites (N-methyl/N-ethyl adjacent to an activating group) is 1. The van der Waals surface area contributed by atoms with Crippen LogP contribution in [0.2, 0.25) is 0 Å². The van der Waals surface area contributed by atoms with Crippen LogP contribution in [0.15, 0.2) is 59.7 Å². The van der Waals surface area contributed by atoms with Gasteiger partial charge >= 0.3 is 0 Å². The second kappa shape index (κ2) is 14.1. The van der Waals surface area contributed by atoms with Crippen LogP contribution in [0.25, 0.3) is 0 Å². The average molecular weight is 452 g/mol. The molecule has 178 valence electrons. The maximum atomic E-state index is 12.9. The summed E-state index contributed by atoms with van der Waals surface area (Å²) < 4.78 is 0. The minimum absolute atomic E-state index is 0.0680. The Kier molecular flexibility index (Phi) is 11.1. The summed E-state index contributed by atoms with van der Waals surface area (Å²) in [7, 11) is 3.99. The summed E-state index contributed by atoms with van der Waals surface area (Å²) in [6.07, 6.45) is 4.02. The molecular weight excluding hydrogens is 414 g/mol. The Hall–Kier alpha value is -3.19. The summed E-state index contributed by atoms with van der Waals surface area (Å²) in [4.78, 5) is 29.2. The predicted molar refractivity (Wildman–Crippen MR) is 136 cm³/mol. The van der Waals surface area contributed by atoms with Crippen molar-refractivity contribution in [3.8, 4) is 0 Å². The lowest BCUT2D eigenvalue weighted by molar-refractivity contribution is -0.126. The fraction of sp³-hybridized carbons (Fsp3) is 0.423. The third-order valence-electron chi connectivity index (χ3n) is 5.58. The molecule has 0 aliphatic heterocycles. The van der Waals surface area contributed by atoms with Gasteiger partial charge in [0.05, 0.1) is 12.3 Å². The van der Waals surface area contributed by atoms with Crippen LogP contribution in [0.5, 0.6) is 0 Å². The van der Waals surface area contributed by atoms with E-state index in [0.29, 0.717) is 18.5 Å². The summed E-state index contributed by atoms with van der Waals surface area (Å²) in [5.74, 6) is -0.172. The third-order valence-corrected chi connectivity index (χ3v) is 5.58. The molecule has 0 spiro atoms. The number of hydrogen-bond acceptors (Lipinski definition) is 5. The molecule has 0 aromatic heterocycles. The fourth-order valence-corrected chi connectivity index (χ4v) is 3.60. The van der Waals surface area contributed by atoms with Crippen LogP contribution in [-0.2, 0) is 4.79 Å². The molecule has 0 saturated heterocycles. The van der Waals surface area contributed by atoms with Gasteiger partial charge in [0.15, 0.2) is 0 Å². The lowest BCUT2D eigenvalue weighted by atomic mass is 10.1. The highest BCUT2D eigenvalue weighted by molar-refractivity contribution is 5.94. The zero-order valence-corrected chi connectivity index (χ0v) is 20.3. The number of anilines is 1. The second-order valence-corrected chi connectivity index (χ2v) is 8.07. The largest absolute Gasteiger partial charge is 0.378 e. The molecule has 7 heteroatoms. The number of hydrogen-bond donors (Lipinski definition) is 2. The van der Waals surface area contributed by atoms with Gasteiger partial charge in [-0.2, -0.15) is 5.10 Å². The summed E-state index contributed by atoms with van der Waals surface area (Å²) in [6, 6.07) is 16.9. The standard InChI is InChI=1S/C26H37N5O2/c1-5-31(6-2)24(14-10-11-19-27-25(32)22-12-8-7-9-13-22)26(33)29-28-20-21-15-17-23(18-16-21)30(3)4/h7-9,12-13,15-18,20,24H,5-6,10-11,14,19H2,1-4H3,(H,27,32)(H,29,33). The Morgan fingerprint density at radius 1 is 0.970 bits per heavy atom. The van der Waals surface area contributed by atoms with Gasteiger partial charge in [0.1, 0.15) is 0 Å². The molecule has 2 N–H and O–H groups in total. The van der Waals surface area contributed by atoms with Crippen LogP contribution in [0.4, 0.5) is 5.69 Å². The van der Waals surface area contributed by atoms with Gasteiger partial charge in [0.25, 0.3) is 11.8 Å². The van der Waals surface area contributed by atoms with E-state index in [-0.39, 0.29) is 17.9 Å². The van der Waals surface area contributed by atoms with Crippen molar-refractivity contribution in [3.63, 3.8) is 0 Å². The van der Waals surface area contributed by atoms with Gasteiger partial charge in [-0.05, 0) is 62.2 Å². The summed E-state index contributed by atoms with van der Waals surface area (Å²) in [5.41, 5.74) is 5.40. The van der Waals surface area contributed by atoms with Gasteiger partial charge in [-0.15, -0.1) is 0 Å². The summed E-state index contributed by atoms with van der Waals surface area (Å²) in [6.45, 7) is 6.27. The Morgan fingerprint density at radius 3 is 2.24 bits per heavy atom. The van der Waals surface area contributed by atoms with Crippen molar-refractivity contribution in [2.75, 3.05) is 38.6 Å². The van der Waals surface area contributed by atoms with Crippen molar-refractivity contribution in [1.29, 1.82) is 0 Å². The quantitative estimate of drug-likeness (QED) is 0.278. The summed E-state index contributed by atoms with van der Waals surface area (Å²) in [5, 5.41) is 7.11. The molecular formula is C26H37N5O2. The Labute approximate surface area is 197 Å². The van der Waals surface area contributed by atoms with Crippen LogP contribution in [0.1, 0.15) is 49.0 Å². The van der Waals surface area contributed by atoms with Crippen molar-refractivity contribution in [2.24, 2.45) is 5.10 Å². The highest BCUT2D eigenvalue weighted by Gasteiger charge is 2.23. The first kappa shape index (κ1) is 26.1. The van der Waals surface area contributed by atoms with Crippen molar-refractivity contribution in [3.05, 3.63) is 65.7 Å². The van der Waals surface area contributed by atoms with Crippen LogP contribution in [0, 0.1) is 0 Å². The van der Waals surface area contributed by atoms with E-state index in [2.05, 4.69) is 34.6 Å². The molecule has 2 amide bonds. The monoisotopic (exact) mass is 451 g/mol. The zero-order valence-electron chi connectivity index (χ0n) is 20.3. The second-order valence-electron chi connectivity index (χ2n) is 8.07. The van der Waals surface area contributed by atoms with E-state index in [9.17, 15) is 9.59 Å². The van der Waals surface area contributed by atoms with Crippen LogP contribution in [-0.4, -0.2) is 62.7 Å². The lowest BCUT2D eigenvalue weighted by Gasteiger charge is -2.28. The maximum Gasteiger partial charge on any atom is 0.257 e. The SMILES string of the molecule is CCN(CC)C(CCCCNC(=O)c1ccccc1)C(=O)NN=Cc1ccc(N(C)C)cc1.